The van der Waals surface area contributed by atoms with Crippen molar-refractivity contribution in [1.29, 1.82) is 0 Å². The highest BCUT2D eigenvalue weighted by Crippen LogP contribution is 2.30. The Balaban J connectivity index is 2.18. The molecule has 0 bridgehead atoms. The highest BCUT2D eigenvalue weighted by molar-refractivity contribution is 5.95. The van der Waals surface area contributed by atoms with Crippen LogP contribution < -0.4 is 15.4 Å². The highest BCUT2D eigenvalue weighted by Gasteiger charge is 2.17. The molecule has 1 aliphatic heterocycles. The van der Waals surface area contributed by atoms with Crippen LogP contribution >= 0.6 is 0 Å². The minimum Gasteiger partial charge on any atom is -0.482 e. The number of benzene rings is 1. The van der Waals surface area contributed by atoms with E-state index in [0.29, 0.717) is 18.0 Å². The Bertz CT molecular complexity index is 477. The van der Waals surface area contributed by atoms with Crippen LogP contribution in [-0.2, 0) is 4.79 Å². The normalized spacial score (nSPS) is 15.2. The molecule has 88 valence electrons. The summed E-state index contributed by atoms with van der Waals surface area (Å²) in [6, 6.07) is 5.86. The Hall–Kier alpha value is -1.99. The molecular weight excluding hydrogens is 216 g/mol. The summed E-state index contributed by atoms with van der Waals surface area (Å²) in [5.41, 5.74) is 1.78. The monoisotopic (exact) mass is 230 g/mol. The summed E-state index contributed by atoms with van der Waals surface area (Å²) in [6.07, 6.45) is 5.19. The summed E-state index contributed by atoms with van der Waals surface area (Å²) in [4.78, 5) is 11.2. The molecule has 0 fully saturated rings. The summed E-state index contributed by atoms with van der Waals surface area (Å²) in [7, 11) is 0. The Morgan fingerprint density at radius 2 is 2.47 bits per heavy atom. The van der Waals surface area contributed by atoms with Gasteiger partial charge in [0.05, 0.1) is 12.2 Å². The Morgan fingerprint density at radius 3 is 3.24 bits per heavy atom. The average Bonchev–Trinajstić information content (AvgIpc) is 2.35. The van der Waals surface area contributed by atoms with Crippen molar-refractivity contribution in [2.75, 3.05) is 18.5 Å². The topological polar surface area (TPSA) is 50.4 Å². The Morgan fingerprint density at radius 1 is 1.65 bits per heavy atom. The number of ether oxygens (including phenoxy) is 1. The lowest BCUT2D eigenvalue weighted by Gasteiger charge is -2.20. The van der Waals surface area contributed by atoms with Crippen molar-refractivity contribution in [3.63, 3.8) is 0 Å². The molecule has 2 rings (SSSR count). The molecule has 4 heteroatoms. The van der Waals surface area contributed by atoms with E-state index in [-0.39, 0.29) is 18.6 Å². The first-order chi connectivity index (χ1) is 8.20. The maximum absolute atomic E-state index is 11.2. The first kappa shape index (κ1) is 11.5. The maximum Gasteiger partial charge on any atom is 0.262 e. The van der Waals surface area contributed by atoms with Crippen LogP contribution in [0.2, 0.25) is 0 Å². The second-order valence-corrected chi connectivity index (χ2v) is 3.90. The SMILES string of the molecule is C#CCNC(C)c1ccc2c(c1)NC(=O)CO2. The van der Waals surface area contributed by atoms with Crippen molar-refractivity contribution in [1.82, 2.24) is 5.32 Å². The first-order valence-corrected chi connectivity index (χ1v) is 5.44. The van der Waals surface area contributed by atoms with E-state index in [4.69, 9.17) is 11.2 Å². The van der Waals surface area contributed by atoms with Crippen molar-refractivity contribution in [2.45, 2.75) is 13.0 Å². The summed E-state index contributed by atoms with van der Waals surface area (Å²) >= 11 is 0. The number of fused-ring (bicyclic) bond motifs is 1. The minimum absolute atomic E-state index is 0.0806. The number of hydrogen-bond donors (Lipinski definition) is 2. The van der Waals surface area contributed by atoms with Crippen molar-refractivity contribution in [3.8, 4) is 18.1 Å². The van der Waals surface area contributed by atoms with E-state index >= 15 is 0 Å². The third kappa shape index (κ3) is 2.58. The van der Waals surface area contributed by atoms with E-state index in [1.807, 2.05) is 25.1 Å². The van der Waals surface area contributed by atoms with Crippen LogP contribution in [-0.4, -0.2) is 19.1 Å². The molecule has 0 saturated heterocycles. The zero-order valence-electron chi connectivity index (χ0n) is 9.62. The molecule has 2 N–H and O–H groups in total. The summed E-state index contributed by atoms with van der Waals surface area (Å²) in [6.45, 7) is 2.61. The van der Waals surface area contributed by atoms with Gasteiger partial charge in [-0.05, 0) is 24.6 Å². The number of anilines is 1. The van der Waals surface area contributed by atoms with Crippen LogP contribution in [0.1, 0.15) is 18.5 Å². The second kappa shape index (κ2) is 4.89. The standard InChI is InChI=1S/C13H14N2O2/c1-3-6-14-9(2)10-4-5-12-11(7-10)15-13(16)8-17-12/h1,4-5,7,9,14H,6,8H2,2H3,(H,15,16). The quantitative estimate of drug-likeness (QED) is 0.769. The molecule has 0 radical (unpaired) electrons. The van der Waals surface area contributed by atoms with E-state index < -0.39 is 0 Å². The number of carbonyl (C=O) groups excluding carboxylic acids is 1. The molecule has 1 aromatic carbocycles. The predicted octanol–water partition coefficient (Wildman–Crippen LogP) is 1.30. The largest absolute Gasteiger partial charge is 0.482 e. The molecular formula is C13H14N2O2. The average molecular weight is 230 g/mol. The van der Waals surface area contributed by atoms with Gasteiger partial charge in [0.25, 0.3) is 5.91 Å². The number of terminal acetylenes is 1. The molecule has 0 spiro atoms. The van der Waals surface area contributed by atoms with E-state index in [1.54, 1.807) is 0 Å². The van der Waals surface area contributed by atoms with Crippen LogP contribution in [0.3, 0.4) is 0 Å². The van der Waals surface area contributed by atoms with E-state index in [0.717, 1.165) is 5.56 Å². The van der Waals surface area contributed by atoms with Crippen molar-refractivity contribution < 1.29 is 9.53 Å². The lowest BCUT2D eigenvalue weighted by molar-refractivity contribution is -0.118. The Kier molecular flexibility index (Phi) is 3.31. The molecule has 1 aromatic rings. The molecule has 1 heterocycles. The second-order valence-electron chi connectivity index (χ2n) is 3.90. The predicted molar refractivity (Wildman–Crippen MR) is 65.8 cm³/mol. The molecule has 0 aromatic heterocycles. The van der Waals surface area contributed by atoms with Gasteiger partial charge in [-0.1, -0.05) is 12.0 Å². The third-order valence-electron chi connectivity index (χ3n) is 2.65. The fourth-order valence-electron chi connectivity index (χ4n) is 1.70. The minimum atomic E-state index is -0.126. The molecule has 1 aliphatic rings. The lowest BCUT2D eigenvalue weighted by atomic mass is 10.1. The molecule has 0 saturated carbocycles. The zero-order chi connectivity index (χ0) is 12.3. The van der Waals surface area contributed by atoms with Crippen molar-refractivity contribution in [3.05, 3.63) is 23.8 Å². The number of hydrogen-bond acceptors (Lipinski definition) is 3. The third-order valence-corrected chi connectivity index (χ3v) is 2.65. The van der Waals surface area contributed by atoms with Crippen LogP contribution in [0, 0.1) is 12.3 Å². The van der Waals surface area contributed by atoms with Crippen molar-refractivity contribution in [2.24, 2.45) is 0 Å². The van der Waals surface area contributed by atoms with Gasteiger partial charge in [0.2, 0.25) is 0 Å². The number of carbonyl (C=O) groups is 1. The van der Waals surface area contributed by atoms with Crippen molar-refractivity contribution >= 4 is 11.6 Å². The van der Waals surface area contributed by atoms with Gasteiger partial charge in [-0.3, -0.25) is 10.1 Å². The molecule has 0 aliphatic carbocycles. The summed E-state index contributed by atoms with van der Waals surface area (Å²) in [5, 5.41) is 5.96. The van der Waals surface area contributed by atoms with Gasteiger partial charge in [0, 0.05) is 6.04 Å². The van der Waals surface area contributed by atoms with Crippen LogP contribution in [0.4, 0.5) is 5.69 Å². The van der Waals surface area contributed by atoms with Gasteiger partial charge in [-0.15, -0.1) is 6.42 Å². The first-order valence-electron chi connectivity index (χ1n) is 5.44. The van der Waals surface area contributed by atoms with Crippen LogP contribution in [0.15, 0.2) is 18.2 Å². The fourth-order valence-corrected chi connectivity index (χ4v) is 1.70. The maximum atomic E-state index is 11.2. The number of amides is 1. The summed E-state index contributed by atoms with van der Waals surface area (Å²) < 4.78 is 5.29. The van der Waals surface area contributed by atoms with Gasteiger partial charge < -0.3 is 10.1 Å². The van der Waals surface area contributed by atoms with E-state index in [2.05, 4.69) is 16.6 Å². The molecule has 1 atom stereocenters. The van der Waals surface area contributed by atoms with Crippen LogP contribution in [0.25, 0.3) is 0 Å². The smallest absolute Gasteiger partial charge is 0.262 e. The van der Waals surface area contributed by atoms with Gasteiger partial charge in [0.1, 0.15) is 5.75 Å². The van der Waals surface area contributed by atoms with Gasteiger partial charge in [-0.25, -0.2) is 0 Å². The van der Waals surface area contributed by atoms with Crippen LogP contribution in [0.5, 0.6) is 5.75 Å². The molecule has 4 nitrogen and oxygen atoms in total. The Labute approximate surface area is 100 Å². The molecule has 1 amide bonds. The summed E-state index contributed by atoms with van der Waals surface area (Å²) in [5.74, 6) is 3.11. The van der Waals surface area contributed by atoms with Gasteiger partial charge >= 0.3 is 0 Å². The number of rotatable bonds is 3. The zero-order valence-corrected chi connectivity index (χ0v) is 9.62. The molecule has 1 unspecified atom stereocenters. The molecule has 17 heavy (non-hydrogen) atoms. The van der Waals surface area contributed by atoms with E-state index in [9.17, 15) is 4.79 Å². The van der Waals surface area contributed by atoms with E-state index in [1.165, 1.54) is 0 Å². The van der Waals surface area contributed by atoms with Gasteiger partial charge in [0.15, 0.2) is 6.61 Å². The highest BCUT2D eigenvalue weighted by atomic mass is 16.5. The van der Waals surface area contributed by atoms with Gasteiger partial charge in [-0.2, -0.15) is 0 Å². The lowest BCUT2D eigenvalue weighted by Crippen LogP contribution is -2.26. The number of nitrogens with one attached hydrogen (secondary N) is 2. The fraction of sp³-hybridized carbons (Fsp3) is 0.308.